The third-order valence-corrected chi connectivity index (χ3v) is 4.96. The summed E-state index contributed by atoms with van der Waals surface area (Å²) in [5, 5.41) is 13.2. The number of pyridine rings is 1. The Morgan fingerprint density at radius 1 is 1.13 bits per heavy atom. The van der Waals surface area contributed by atoms with E-state index in [0.717, 1.165) is 28.1 Å². The molecule has 8 heteroatoms. The summed E-state index contributed by atoms with van der Waals surface area (Å²) in [6.45, 7) is 9.67. The molecule has 0 saturated heterocycles. The van der Waals surface area contributed by atoms with E-state index in [-0.39, 0.29) is 11.1 Å². The van der Waals surface area contributed by atoms with Crippen LogP contribution in [0.25, 0.3) is 10.9 Å². The summed E-state index contributed by atoms with van der Waals surface area (Å²) in [7, 11) is 0. The number of hydrogen-bond donors (Lipinski definition) is 1. The maximum atomic E-state index is 12.7. The minimum Gasteiger partial charge on any atom is -0.468 e. The summed E-state index contributed by atoms with van der Waals surface area (Å²) in [5.41, 5.74) is 2.34. The van der Waals surface area contributed by atoms with Crippen molar-refractivity contribution in [1.29, 1.82) is 0 Å². The number of tetrazole rings is 1. The molecule has 30 heavy (non-hydrogen) atoms. The molecule has 0 bridgehead atoms. The average Bonchev–Trinajstić information content (AvgIpc) is 3.34. The zero-order chi connectivity index (χ0) is 21.3. The van der Waals surface area contributed by atoms with Crippen LogP contribution in [0.1, 0.15) is 43.5 Å². The second kappa shape index (κ2) is 7.87. The summed E-state index contributed by atoms with van der Waals surface area (Å²) in [6, 6.07) is 11.8. The minimum absolute atomic E-state index is 0.0915. The molecule has 0 aliphatic rings. The van der Waals surface area contributed by atoms with Crippen molar-refractivity contribution in [3.63, 3.8) is 0 Å². The van der Waals surface area contributed by atoms with Crippen LogP contribution in [0.3, 0.4) is 0 Å². The van der Waals surface area contributed by atoms with E-state index >= 15 is 0 Å². The van der Waals surface area contributed by atoms with Gasteiger partial charge in [0.25, 0.3) is 5.56 Å². The number of fused-ring (bicyclic) bond motifs is 1. The molecule has 1 aromatic carbocycles. The molecular formula is C22H26N6O2. The Hall–Kier alpha value is -3.26. The van der Waals surface area contributed by atoms with Gasteiger partial charge in [-0.2, -0.15) is 0 Å². The molecule has 1 N–H and O–H groups in total. The lowest BCUT2D eigenvalue weighted by Crippen LogP contribution is -2.31. The number of benzene rings is 1. The fraction of sp³-hybridized carbons (Fsp3) is 0.364. The van der Waals surface area contributed by atoms with Crippen LogP contribution in [-0.2, 0) is 25.2 Å². The molecule has 8 nitrogen and oxygen atoms in total. The lowest BCUT2D eigenvalue weighted by Gasteiger charge is -2.24. The van der Waals surface area contributed by atoms with Gasteiger partial charge in [-0.05, 0) is 73.8 Å². The number of aryl methyl sites for hydroxylation is 1. The van der Waals surface area contributed by atoms with Gasteiger partial charge in [-0.15, -0.1) is 5.10 Å². The Labute approximate surface area is 174 Å². The lowest BCUT2D eigenvalue weighted by atomic mass is 10.1. The molecule has 156 valence electrons. The number of hydrogen-bond acceptors (Lipinski definition) is 6. The molecule has 3 aromatic heterocycles. The van der Waals surface area contributed by atoms with E-state index in [2.05, 4.69) is 52.2 Å². The second-order valence-electron chi connectivity index (χ2n) is 8.62. The van der Waals surface area contributed by atoms with Gasteiger partial charge in [0.15, 0.2) is 5.82 Å². The van der Waals surface area contributed by atoms with Crippen molar-refractivity contribution >= 4 is 10.9 Å². The molecule has 0 radical (unpaired) electrons. The normalized spacial score (nSPS) is 12.2. The number of nitrogens with one attached hydrogen (secondary N) is 1. The third-order valence-electron chi connectivity index (χ3n) is 4.96. The van der Waals surface area contributed by atoms with Crippen LogP contribution < -0.4 is 5.56 Å². The molecule has 0 amide bonds. The van der Waals surface area contributed by atoms with Crippen LogP contribution in [-0.4, -0.2) is 30.1 Å². The van der Waals surface area contributed by atoms with E-state index in [1.54, 1.807) is 6.26 Å². The maximum Gasteiger partial charge on any atom is 0.252 e. The molecule has 4 rings (SSSR count). The Bertz CT molecular complexity index is 1200. The topological polar surface area (TPSA) is 92.8 Å². The van der Waals surface area contributed by atoms with Crippen molar-refractivity contribution in [2.45, 2.75) is 52.9 Å². The molecule has 0 aliphatic carbocycles. The van der Waals surface area contributed by atoms with E-state index in [1.807, 2.05) is 41.9 Å². The van der Waals surface area contributed by atoms with Crippen LogP contribution in [0.4, 0.5) is 0 Å². The zero-order valence-corrected chi connectivity index (χ0v) is 17.7. The number of H-pyrrole nitrogens is 1. The van der Waals surface area contributed by atoms with Crippen molar-refractivity contribution < 1.29 is 4.42 Å². The number of nitrogens with zero attached hydrogens (tertiary/aromatic N) is 5. The standard InChI is InChI=1S/C22H26N6O2/c1-15-7-8-19-16(10-15)11-17(21(29)23-19)12-27(13-18-6-5-9-30-18)14-20-24-25-26-28(20)22(2,3)4/h5-11H,12-14H2,1-4H3,(H,23,29). The first-order chi connectivity index (χ1) is 14.3. The van der Waals surface area contributed by atoms with Gasteiger partial charge in [0.2, 0.25) is 0 Å². The van der Waals surface area contributed by atoms with E-state index in [0.29, 0.717) is 25.2 Å². The molecule has 4 aromatic rings. The smallest absolute Gasteiger partial charge is 0.252 e. The summed E-state index contributed by atoms with van der Waals surface area (Å²) in [5.74, 6) is 1.56. The largest absolute Gasteiger partial charge is 0.468 e. The van der Waals surface area contributed by atoms with Gasteiger partial charge in [0, 0.05) is 17.6 Å². The van der Waals surface area contributed by atoms with Gasteiger partial charge in [-0.25, -0.2) is 4.68 Å². The van der Waals surface area contributed by atoms with E-state index in [4.69, 9.17) is 4.42 Å². The molecule has 3 heterocycles. The molecular weight excluding hydrogens is 380 g/mol. The SMILES string of the molecule is Cc1ccc2[nH]c(=O)c(CN(Cc3ccco3)Cc3nnnn3C(C)(C)C)cc2c1. The van der Waals surface area contributed by atoms with Crippen LogP contribution >= 0.6 is 0 Å². The van der Waals surface area contributed by atoms with Gasteiger partial charge in [-0.3, -0.25) is 9.69 Å². The first kappa shape index (κ1) is 20.0. The Balaban J connectivity index is 1.67. The summed E-state index contributed by atoms with van der Waals surface area (Å²) < 4.78 is 7.36. The monoisotopic (exact) mass is 406 g/mol. The van der Waals surface area contributed by atoms with Crippen LogP contribution in [0.5, 0.6) is 0 Å². The summed E-state index contributed by atoms with van der Waals surface area (Å²) in [4.78, 5) is 17.8. The Kier molecular flexibility index (Phi) is 5.26. The Morgan fingerprint density at radius 3 is 2.70 bits per heavy atom. The second-order valence-corrected chi connectivity index (χ2v) is 8.62. The predicted molar refractivity (Wildman–Crippen MR) is 114 cm³/mol. The molecule has 0 aliphatic heterocycles. The van der Waals surface area contributed by atoms with E-state index in [9.17, 15) is 4.79 Å². The first-order valence-electron chi connectivity index (χ1n) is 9.94. The molecule has 0 atom stereocenters. The fourth-order valence-electron chi connectivity index (χ4n) is 3.55. The highest BCUT2D eigenvalue weighted by Gasteiger charge is 2.22. The first-order valence-corrected chi connectivity index (χ1v) is 9.94. The highest BCUT2D eigenvalue weighted by Crippen LogP contribution is 2.19. The number of aromatic nitrogens is 5. The average molecular weight is 406 g/mol. The fourth-order valence-corrected chi connectivity index (χ4v) is 3.55. The number of aromatic amines is 1. The molecule has 0 spiro atoms. The summed E-state index contributed by atoms with van der Waals surface area (Å²) >= 11 is 0. The molecule has 0 fully saturated rings. The van der Waals surface area contributed by atoms with Gasteiger partial charge in [0.05, 0.1) is 24.9 Å². The maximum absolute atomic E-state index is 12.7. The van der Waals surface area contributed by atoms with Crippen LogP contribution in [0.2, 0.25) is 0 Å². The van der Waals surface area contributed by atoms with Crippen LogP contribution in [0.15, 0.2) is 51.9 Å². The van der Waals surface area contributed by atoms with Crippen molar-refractivity contribution in [3.05, 3.63) is 75.7 Å². The third kappa shape index (κ3) is 4.33. The van der Waals surface area contributed by atoms with Crippen molar-refractivity contribution in [2.75, 3.05) is 0 Å². The minimum atomic E-state index is -0.243. The van der Waals surface area contributed by atoms with Crippen molar-refractivity contribution in [3.8, 4) is 0 Å². The molecule has 0 unspecified atom stereocenters. The zero-order valence-electron chi connectivity index (χ0n) is 17.7. The van der Waals surface area contributed by atoms with Crippen molar-refractivity contribution in [2.24, 2.45) is 0 Å². The Morgan fingerprint density at radius 2 is 1.97 bits per heavy atom. The van der Waals surface area contributed by atoms with Crippen molar-refractivity contribution in [1.82, 2.24) is 30.1 Å². The molecule has 0 saturated carbocycles. The number of rotatable bonds is 6. The van der Waals surface area contributed by atoms with E-state index in [1.165, 1.54) is 0 Å². The van der Waals surface area contributed by atoms with Gasteiger partial charge in [-0.1, -0.05) is 11.6 Å². The summed E-state index contributed by atoms with van der Waals surface area (Å²) in [6.07, 6.45) is 1.65. The van der Waals surface area contributed by atoms with Gasteiger partial charge in [0.1, 0.15) is 5.76 Å². The number of furan rings is 1. The highest BCUT2D eigenvalue weighted by atomic mass is 16.3. The van der Waals surface area contributed by atoms with Crippen LogP contribution in [0, 0.1) is 6.92 Å². The predicted octanol–water partition coefficient (Wildman–Crippen LogP) is 3.37. The lowest BCUT2D eigenvalue weighted by molar-refractivity contribution is 0.208. The van der Waals surface area contributed by atoms with Gasteiger partial charge < -0.3 is 9.40 Å². The van der Waals surface area contributed by atoms with Gasteiger partial charge >= 0.3 is 0 Å². The van der Waals surface area contributed by atoms with E-state index < -0.39 is 0 Å². The highest BCUT2D eigenvalue weighted by molar-refractivity contribution is 5.79. The quantitative estimate of drug-likeness (QED) is 0.528.